The number of carbonyl (C=O) groups is 1. The number of rotatable bonds is 2. The number of hydrogen-bond donors (Lipinski definition) is 2. The van der Waals surface area contributed by atoms with Gasteiger partial charge in [0.25, 0.3) is 5.91 Å². The molecule has 1 saturated heterocycles. The lowest BCUT2D eigenvalue weighted by Crippen LogP contribution is -2.31. The van der Waals surface area contributed by atoms with Crippen molar-refractivity contribution in [1.82, 2.24) is 15.2 Å². The highest BCUT2D eigenvalue weighted by atomic mass is 35.5. The first-order chi connectivity index (χ1) is 9.08. The van der Waals surface area contributed by atoms with Gasteiger partial charge in [-0.15, -0.1) is 0 Å². The van der Waals surface area contributed by atoms with Crippen LogP contribution in [0.2, 0.25) is 5.02 Å². The predicted molar refractivity (Wildman–Crippen MR) is 79.3 cm³/mol. The summed E-state index contributed by atoms with van der Waals surface area (Å²) < 4.78 is 0. The normalized spacial score (nSPS) is 19.3. The molecule has 98 valence electrons. The molecule has 0 spiro atoms. The fraction of sp³-hybridized carbons (Fsp3) is 0.231. The minimum atomic E-state index is -0.296. The molecule has 1 aliphatic heterocycles. The molecule has 19 heavy (non-hydrogen) atoms. The molecule has 0 saturated carbocycles. The number of aromatic amines is 1. The first-order valence-corrected chi connectivity index (χ1v) is 6.69. The average Bonchev–Trinajstić information content (AvgIpc) is 2.90. The van der Waals surface area contributed by atoms with Crippen LogP contribution < -0.4 is 5.32 Å². The molecular formula is C13H12ClN3OS. The lowest BCUT2D eigenvalue weighted by molar-refractivity contribution is -0.126. The summed E-state index contributed by atoms with van der Waals surface area (Å²) in [4.78, 5) is 16.6. The van der Waals surface area contributed by atoms with Crippen LogP contribution in [0.5, 0.6) is 0 Å². The van der Waals surface area contributed by atoms with E-state index in [1.165, 1.54) is 4.90 Å². The smallest absolute Gasteiger partial charge is 0.251 e. The number of halogens is 1. The molecule has 1 aliphatic rings. The molecule has 1 aromatic carbocycles. The van der Waals surface area contributed by atoms with Crippen molar-refractivity contribution in [3.05, 3.63) is 35.0 Å². The van der Waals surface area contributed by atoms with Crippen molar-refractivity contribution < 1.29 is 4.79 Å². The van der Waals surface area contributed by atoms with Gasteiger partial charge in [-0.25, -0.2) is 0 Å². The molecule has 0 aliphatic carbocycles. The van der Waals surface area contributed by atoms with Gasteiger partial charge in [0.1, 0.15) is 6.04 Å². The zero-order valence-electron chi connectivity index (χ0n) is 10.2. The van der Waals surface area contributed by atoms with Gasteiger partial charge in [0.2, 0.25) is 0 Å². The average molecular weight is 294 g/mol. The minimum absolute atomic E-state index is 0.00128. The molecular weight excluding hydrogens is 282 g/mol. The molecule has 3 rings (SSSR count). The maximum Gasteiger partial charge on any atom is 0.251 e. The molecule has 0 radical (unpaired) electrons. The van der Waals surface area contributed by atoms with E-state index in [9.17, 15) is 4.79 Å². The van der Waals surface area contributed by atoms with E-state index in [0.717, 1.165) is 16.5 Å². The number of nitrogens with zero attached hydrogens (tertiary/aromatic N) is 1. The summed E-state index contributed by atoms with van der Waals surface area (Å²) in [7, 11) is 1.68. The Bertz CT molecular complexity index is 682. The summed E-state index contributed by atoms with van der Waals surface area (Å²) in [6.45, 7) is 0. The molecule has 1 amide bonds. The van der Waals surface area contributed by atoms with Crippen molar-refractivity contribution in [3.63, 3.8) is 0 Å². The van der Waals surface area contributed by atoms with Crippen LogP contribution in [0.15, 0.2) is 24.4 Å². The van der Waals surface area contributed by atoms with Crippen LogP contribution in [0.3, 0.4) is 0 Å². The second-order valence-electron chi connectivity index (χ2n) is 4.58. The van der Waals surface area contributed by atoms with E-state index >= 15 is 0 Å². The third-order valence-corrected chi connectivity index (χ3v) is 4.11. The highest BCUT2D eigenvalue weighted by Gasteiger charge is 2.33. The predicted octanol–water partition coefficient (Wildman–Crippen LogP) is 2.08. The van der Waals surface area contributed by atoms with Gasteiger partial charge < -0.3 is 10.3 Å². The van der Waals surface area contributed by atoms with Gasteiger partial charge in [-0.3, -0.25) is 9.69 Å². The lowest BCUT2D eigenvalue weighted by Gasteiger charge is -2.07. The quantitative estimate of drug-likeness (QED) is 0.834. The van der Waals surface area contributed by atoms with Crippen molar-refractivity contribution in [3.8, 4) is 0 Å². The summed E-state index contributed by atoms with van der Waals surface area (Å²) in [5.41, 5.74) is 1.96. The molecule has 2 N–H and O–H groups in total. The fourth-order valence-electron chi connectivity index (χ4n) is 2.34. The number of likely N-dealkylation sites (N-methyl/N-ethyl adjacent to an activating group) is 1. The number of para-hydroxylation sites is 1. The van der Waals surface area contributed by atoms with Gasteiger partial charge in [-0.05, 0) is 23.8 Å². The fourth-order valence-corrected chi connectivity index (χ4v) is 2.81. The SMILES string of the molecule is CN1C(=O)[C@H](Cc2c[nH]c3c(Cl)cccc23)NC1=S. The van der Waals surface area contributed by atoms with Crippen molar-refractivity contribution >= 4 is 45.7 Å². The van der Waals surface area contributed by atoms with Gasteiger partial charge in [-0.2, -0.15) is 0 Å². The van der Waals surface area contributed by atoms with Crippen LogP contribution in [0.25, 0.3) is 10.9 Å². The number of aromatic nitrogens is 1. The number of thiocarbonyl (C=S) groups is 1. The summed E-state index contributed by atoms with van der Waals surface area (Å²) in [6.07, 6.45) is 2.48. The van der Waals surface area contributed by atoms with E-state index in [1.807, 2.05) is 24.4 Å². The summed E-state index contributed by atoms with van der Waals surface area (Å²) >= 11 is 11.2. The van der Waals surface area contributed by atoms with Crippen LogP contribution >= 0.6 is 23.8 Å². The van der Waals surface area contributed by atoms with E-state index in [0.29, 0.717) is 16.6 Å². The highest BCUT2D eigenvalue weighted by Crippen LogP contribution is 2.26. The Morgan fingerprint density at radius 1 is 1.47 bits per heavy atom. The molecule has 2 aromatic rings. The largest absolute Gasteiger partial charge is 0.360 e. The van der Waals surface area contributed by atoms with Gasteiger partial charge >= 0.3 is 0 Å². The zero-order valence-corrected chi connectivity index (χ0v) is 11.8. The van der Waals surface area contributed by atoms with Gasteiger partial charge in [-0.1, -0.05) is 23.7 Å². The van der Waals surface area contributed by atoms with Gasteiger partial charge in [0, 0.05) is 25.1 Å². The van der Waals surface area contributed by atoms with E-state index in [1.54, 1.807) is 7.05 Å². The third-order valence-electron chi connectivity index (χ3n) is 3.41. The number of hydrogen-bond acceptors (Lipinski definition) is 2. The number of carbonyl (C=O) groups excluding carboxylic acids is 1. The topological polar surface area (TPSA) is 48.1 Å². The number of nitrogens with one attached hydrogen (secondary N) is 2. The Balaban J connectivity index is 1.93. The van der Waals surface area contributed by atoms with Crippen molar-refractivity contribution in [2.75, 3.05) is 7.05 Å². The Labute approximate surface area is 120 Å². The first kappa shape index (κ1) is 12.4. The standard InChI is InChI=1S/C13H12ClN3OS/c1-17-12(18)10(16-13(17)19)5-7-6-15-11-8(7)3-2-4-9(11)14/h2-4,6,10,15H,5H2,1H3,(H,16,19)/t10-/m0/s1. The molecule has 0 unspecified atom stereocenters. The number of amides is 1. The molecule has 1 aromatic heterocycles. The summed E-state index contributed by atoms with van der Waals surface area (Å²) in [5.74, 6) is 0.00128. The lowest BCUT2D eigenvalue weighted by atomic mass is 10.1. The van der Waals surface area contributed by atoms with Crippen LogP contribution in [0.4, 0.5) is 0 Å². The van der Waals surface area contributed by atoms with Crippen molar-refractivity contribution in [1.29, 1.82) is 0 Å². The third kappa shape index (κ3) is 1.99. The Morgan fingerprint density at radius 3 is 2.95 bits per heavy atom. The Hall–Kier alpha value is -1.59. The number of fused-ring (bicyclic) bond motifs is 1. The van der Waals surface area contributed by atoms with Crippen LogP contribution in [-0.4, -0.2) is 34.0 Å². The van der Waals surface area contributed by atoms with Crippen LogP contribution in [0.1, 0.15) is 5.56 Å². The van der Waals surface area contributed by atoms with Crippen LogP contribution in [-0.2, 0) is 11.2 Å². The number of H-pyrrole nitrogens is 1. The Morgan fingerprint density at radius 2 is 2.26 bits per heavy atom. The monoisotopic (exact) mass is 293 g/mol. The highest BCUT2D eigenvalue weighted by molar-refractivity contribution is 7.80. The van der Waals surface area contributed by atoms with Crippen LogP contribution in [0, 0.1) is 0 Å². The maximum absolute atomic E-state index is 12.0. The molecule has 2 heterocycles. The molecule has 1 atom stereocenters. The molecule has 6 heteroatoms. The molecule has 1 fully saturated rings. The van der Waals surface area contributed by atoms with Gasteiger partial charge in [0.05, 0.1) is 10.5 Å². The van der Waals surface area contributed by atoms with Gasteiger partial charge in [0.15, 0.2) is 5.11 Å². The minimum Gasteiger partial charge on any atom is -0.360 e. The summed E-state index contributed by atoms with van der Waals surface area (Å²) in [6, 6.07) is 5.44. The Kier molecular flexibility index (Phi) is 2.95. The van der Waals surface area contributed by atoms with E-state index < -0.39 is 0 Å². The van der Waals surface area contributed by atoms with Crippen molar-refractivity contribution in [2.24, 2.45) is 0 Å². The molecule has 0 bridgehead atoms. The van der Waals surface area contributed by atoms with E-state index in [-0.39, 0.29) is 11.9 Å². The number of benzene rings is 1. The van der Waals surface area contributed by atoms with E-state index in [2.05, 4.69) is 10.3 Å². The zero-order chi connectivity index (χ0) is 13.6. The molecule has 4 nitrogen and oxygen atoms in total. The maximum atomic E-state index is 12.0. The van der Waals surface area contributed by atoms with E-state index in [4.69, 9.17) is 23.8 Å². The van der Waals surface area contributed by atoms with Crippen molar-refractivity contribution in [2.45, 2.75) is 12.5 Å². The summed E-state index contributed by atoms with van der Waals surface area (Å²) in [5, 5.41) is 5.24. The second-order valence-corrected chi connectivity index (χ2v) is 5.37. The first-order valence-electron chi connectivity index (χ1n) is 5.90. The second kappa shape index (κ2) is 4.51.